The number of anilines is 2. The van der Waals surface area contributed by atoms with Gasteiger partial charge in [-0.05, 0) is 63.8 Å². The Morgan fingerprint density at radius 1 is 1.27 bits per heavy atom. The van der Waals surface area contributed by atoms with E-state index < -0.39 is 17.6 Å². The third-order valence-electron chi connectivity index (χ3n) is 7.81. The van der Waals surface area contributed by atoms with Crippen molar-refractivity contribution in [2.45, 2.75) is 57.9 Å². The number of carbonyl (C=O) groups is 2. The number of rotatable bonds is 4. The minimum Gasteiger partial charge on any atom is -0.465 e. The molecule has 2 amide bonds. The van der Waals surface area contributed by atoms with Crippen LogP contribution in [-0.4, -0.2) is 52.1 Å². The number of piperidine rings is 1. The van der Waals surface area contributed by atoms with Gasteiger partial charge in [-0.15, -0.1) is 0 Å². The largest absolute Gasteiger partial charge is 0.465 e. The van der Waals surface area contributed by atoms with Crippen LogP contribution in [0, 0.1) is 12.7 Å². The smallest absolute Gasteiger partial charge is 0.407 e. The van der Waals surface area contributed by atoms with Gasteiger partial charge in [-0.2, -0.15) is 0 Å². The highest BCUT2D eigenvalue weighted by molar-refractivity contribution is 6.10. The molecule has 1 aromatic heterocycles. The molecule has 2 N–H and O–H groups in total. The number of aromatic nitrogens is 2. The van der Waals surface area contributed by atoms with Crippen LogP contribution in [0.25, 0.3) is 10.9 Å². The zero-order chi connectivity index (χ0) is 26.6. The van der Waals surface area contributed by atoms with Crippen LogP contribution in [0.5, 0.6) is 0 Å². The third-order valence-corrected chi connectivity index (χ3v) is 7.81. The maximum atomic E-state index is 15.8. The van der Waals surface area contributed by atoms with E-state index in [9.17, 15) is 14.7 Å². The summed E-state index contributed by atoms with van der Waals surface area (Å²) >= 11 is 0. The molecule has 5 rings (SSSR count). The molecular weight excluding hydrogens is 473 g/mol. The summed E-state index contributed by atoms with van der Waals surface area (Å²) in [7, 11) is 1.77. The summed E-state index contributed by atoms with van der Waals surface area (Å²) in [5, 5.41) is 13.5. The highest BCUT2D eigenvalue weighted by Crippen LogP contribution is 2.43. The summed E-state index contributed by atoms with van der Waals surface area (Å²) in [5.74, 6) is 0.667. The number of carboxylic acid groups (broad SMARTS) is 1. The number of benzene rings is 2. The second kappa shape index (κ2) is 8.97. The molecule has 0 aliphatic carbocycles. The summed E-state index contributed by atoms with van der Waals surface area (Å²) in [6.45, 7) is 8.28. The Bertz CT molecular complexity index is 1420. The predicted molar refractivity (Wildman–Crippen MR) is 141 cm³/mol. The number of hydrogen-bond donors (Lipinski definition) is 2. The molecule has 0 radical (unpaired) electrons. The Balaban J connectivity index is 1.49. The van der Waals surface area contributed by atoms with Crippen molar-refractivity contribution >= 4 is 34.4 Å². The van der Waals surface area contributed by atoms with Crippen molar-refractivity contribution in [2.24, 2.45) is 0 Å². The zero-order valence-electron chi connectivity index (χ0n) is 21.8. The third kappa shape index (κ3) is 4.16. The first-order chi connectivity index (χ1) is 17.5. The fourth-order valence-electron chi connectivity index (χ4n) is 5.72. The van der Waals surface area contributed by atoms with E-state index in [2.05, 4.69) is 15.3 Å². The van der Waals surface area contributed by atoms with Crippen LogP contribution in [0.1, 0.15) is 68.1 Å². The fourth-order valence-corrected chi connectivity index (χ4v) is 5.72. The Kier molecular flexibility index (Phi) is 6.04. The molecule has 2 atom stereocenters. The fraction of sp³-hybridized carbons (Fsp3) is 0.429. The van der Waals surface area contributed by atoms with E-state index in [4.69, 9.17) is 0 Å². The van der Waals surface area contributed by atoms with Gasteiger partial charge in [0, 0.05) is 42.7 Å². The van der Waals surface area contributed by atoms with Crippen molar-refractivity contribution in [3.8, 4) is 0 Å². The summed E-state index contributed by atoms with van der Waals surface area (Å²) < 4.78 is 15.8. The van der Waals surface area contributed by atoms with Crippen molar-refractivity contribution in [2.75, 3.05) is 30.4 Å². The molecule has 8 nitrogen and oxygen atoms in total. The minimum atomic E-state index is -0.968. The van der Waals surface area contributed by atoms with Crippen LogP contribution in [0.3, 0.4) is 0 Å². The van der Waals surface area contributed by atoms with Gasteiger partial charge in [0.1, 0.15) is 17.5 Å². The molecule has 3 aromatic rings. The first kappa shape index (κ1) is 24.9. The zero-order valence-corrected chi connectivity index (χ0v) is 21.8. The minimum absolute atomic E-state index is 0.0217. The molecule has 0 bridgehead atoms. The summed E-state index contributed by atoms with van der Waals surface area (Å²) in [4.78, 5) is 36.6. The Morgan fingerprint density at radius 3 is 2.76 bits per heavy atom. The van der Waals surface area contributed by atoms with E-state index in [1.807, 2.05) is 45.9 Å². The molecule has 194 valence electrons. The summed E-state index contributed by atoms with van der Waals surface area (Å²) in [6, 6.07) is 8.79. The maximum Gasteiger partial charge on any atom is 0.407 e. The monoisotopic (exact) mass is 505 g/mol. The standard InChI is InChI=1S/C28H32FN5O3/c1-15(18-9-6-10-19(24(18)29)17-8-7-11-34(14-17)27(36)37)30-25-20-12-23-21(13-22(20)31-16(2)32-25)28(3,4)26(35)33(23)5/h6,9-10,12-13,15,17H,7-8,11,14H2,1-5H3,(H,36,37)(H,30,31,32). The van der Waals surface area contributed by atoms with Crippen molar-refractivity contribution in [3.05, 3.63) is 58.7 Å². The van der Waals surface area contributed by atoms with Gasteiger partial charge in [-0.3, -0.25) is 4.79 Å². The molecule has 0 saturated carbocycles. The van der Waals surface area contributed by atoms with E-state index >= 15 is 4.39 Å². The average molecular weight is 506 g/mol. The number of nitrogens with zero attached hydrogens (tertiary/aromatic N) is 4. The van der Waals surface area contributed by atoms with E-state index in [0.717, 1.165) is 28.6 Å². The van der Waals surface area contributed by atoms with Gasteiger partial charge >= 0.3 is 6.09 Å². The second-order valence-corrected chi connectivity index (χ2v) is 10.7. The van der Waals surface area contributed by atoms with E-state index in [0.29, 0.717) is 42.3 Å². The first-order valence-corrected chi connectivity index (χ1v) is 12.6. The highest BCUT2D eigenvalue weighted by atomic mass is 19.1. The van der Waals surface area contributed by atoms with E-state index in [-0.39, 0.29) is 17.6 Å². The Morgan fingerprint density at radius 2 is 2.03 bits per heavy atom. The predicted octanol–water partition coefficient (Wildman–Crippen LogP) is 5.36. The first-order valence-electron chi connectivity index (χ1n) is 12.6. The molecule has 9 heteroatoms. The number of nitrogens with one attached hydrogen (secondary N) is 1. The maximum absolute atomic E-state index is 15.8. The molecule has 37 heavy (non-hydrogen) atoms. The van der Waals surface area contributed by atoms with Gasteiger partial charge < -0.3 is 20.2 Å². The van der Waals surface area contributed by atoms with Crippen molar-refractivity contribution in [1.82, 2.24) is 14.9 Å². The van der Waals surface area contributed by atoms with Gasteiger partial charge in [-0.25, -0.2) is 19.2 Å². The van der Waals surface area contributed by atoms with Crippen molar-refractivity contribution in [3.63, 3.8) is 0 Å². The van der Waals surface area contributed by atoms with Crippen LogP contribution in [0.4, 0.5) is 20.7 Å². The van der Waals surface area contributed by atoms with Gasteiger partial charge in [0.2, 0.25) is 5.91 Å². The number of hydrogen-bond acceptors (Lipinski definition) is 5. The highest BCUT2D eigenvalue weighted by Gasteiger charge is 2.42. The number of likely N-dealkylation sites (tertiary alicyclic amines) is 1. The normalized spacial score (nSPS) is 19.7. The second-order valence-electron chi connectivity index (χ2n) is 10.7. The molecule has 2 aliphatic heterocycles. The van der Waals surface area contributed by atoms with Crippen LogP contribution < -0.4 is 10.2 Å². The lowest BCUT2D eigenvalue weighted by atomic mass is 9.85. The van der Waals surface area contributed by atoms with Gasteiger partial charge in [0.25, 0.3) is 0 Å². The Labute approximate surface area is 215 Å². The average Bonchev–Trinajstić information content (AvgIpc) is 3.02. The van der Waals surface area contributed by atoms with Crippen LogP contribution in [-0.2, 0) is 10.2 Å². The molecule has 3 heterocycles. The lowest BCUT2D eigenvalue weighted by molar-refractivity contribution is -0.121. The number of halogens is 1. The van der Waals surface area contributed by atoms with Crippen LogP contribution >= 0.6 is 0 Å². The molecule has 2 unspecified atom stereocenters. The van der Waals surface area contributed by atoms with Gasteiger partial charge in [-0.1, -0.05) is 18.2 Å². The summed E-state index contributed by atoms with van der Waals surface area (Å²) in [5.41, 5.74) is 2.86. The number of likely N-dealkylation sites (N-methyl/N-ethyl adjacent to an activating group) is 1. The molecule has 0 spiro atoms. The molecule has 1 saturated heterocycles. The van der Waals surface area contributed by atoms with Crippen LogP contribution in [0.15, 0.2) is 30.3 Å². The molecule has 1 fully saturated rings. The number of aryl methyl sites for hydroxylation is 1. The number of carbonyl (C=O) groups excluding carboxylic acids is 1. The molecule has 2 aliphatic rings. The van der Waals surface area contributed by atoms with Gasteiger partial charge in [0.05, 0.1) is 17.0 Å². The lowest BCUT2D eigenvalue weighted by Gasteiger charge is -2.31. The van der Waals surface area contributed by atoms with Crippen molar-refractivity contribution in [1.29, 1.82) is 0 Å². The van der Waals surface area contributed by atoms with Gasteiger partial charge in [0.15, 0.2) is 0 Å². The lowest BCUT2D eigenvalue weighted by Crippen LogP contribution is -2.38. The SMILES string of the molecule is Cc1nc(NC(C)c2cccc(C3CCCN(C(=O)O)C3)c2F)c2cc3c(cc2n1)C(C)(C)C(=O)N3C. The van der Waals surface area contributed by atoms with Crippen molar-refractivity contribution < 1.29 is 19.1 Å². The Hall–Kier alpha value is -3.75. The molecular formula is C28H32FN5O3. The quantitative estimate of drug-likeness (QED) is 0.495. The van der Waals surface area contributed by atoms with Crippen LogP contribution in [0.2, 0.25) is 0 Å². The van der Waals surface area contributed by atoms with E-state index in [1.54, 1.807) is 24.1 Å². The number of fused-ring (bicyclic) bond motifs is 2. The topological polar surface area (TPSA) is 98.7 Å². The van der Waals surface area contributed by atoms with E-state index in [1.165, 1.54) is 4.90 Å². The molecule has 2 aromatic carbocycles. The number of amides is 2. The summed E-state index contributed by atoms with van der Waals surface area (Å²) in [6.07, 6.45) is 0.484.